The predicted molar refractivity (Wildman–Crippen MR) is 84.0 cm³/mol. The lowest BCUT2D eigenvalue weighted by Crippen LogP contribution is -2.22. The number of aliphatic imine (C=N–C) groups is 1. The number of guanidine groups is 1. The largest absolute Gasteiger partial charge is 0.370 e. The van der Waals surface area contributed by atoms with Crippen molar-refractivity contribution in [3.05, 3.63) is 52.7 Å². The predicted octanol–water partition coefficient (Wildman–Crippen LogP) is 0.616. The topological polar surface area (TPSA) is 140 Å². The monoisotopic (exact) mass is 299 g/mol. The number of primary amides is 1. The van der Waals surface area contributed by atoms with Crippen LogP contribution in [-0.4, -0.2) is 23.1 Å². The Morgan fingerprint density at radius 3 is 2.36 bits per heavy atom. The summed E-state index contributed by atoms with van der Waals surface area (Å²) in [7, 11) is 0. The average molecular weight is 299 g/mol. The Bertz CT molecular complexity index is 712. The molecule has 0 aliphatic carbocycles. The van der Waals surface area contributed by atoms with Gasteiger partial charge in [0, 0.05) is 11.8 Å². The Hall–Kier alpha value is -3.09. The van der Waals surface area contributed by atoms with Crippen LogP contribution in [0, 0.1) is 0 Å². The number of benzene rings is 1. The van der Waals surface area contributed by atoms with Gasteiger partial charge in [-0.15, -0.1) is 0 Å². The molecule has 1 aromatic heterocycles. The molecular weight excluding hydrogens is 282 g/mol. The third kappa shape index (κ3) is 3.51. The molecule has 22 heavy (non-hydrogen) atoms. The highest BCUT2D eigenvalue weighted by atomic mass is 16.1. The normalized spacial score (nSPS) is 10.2. The summed E-state index contributed by atoms with van der Waals surface area (Å²) in [5.41, 5.74) is 18.6. The van der Waals surface area contributed by atoms with Crippen molar-refractivity contribution in [2.75, 3.05) is 0 Å². The molecule has 0 unspecified atom stereocenters. The number of nitrogens with one attached hydrogen (secondary N) is 1. The van der Waals surface area contributed by atoms with Gasteiger partial charge in [0.1, 0.15) is 5.82 Å². The van der Waals surface area contributed by atoms with Crippen LogP contribution in [0.15, 0.2) is 35.5 Å². The quantitative estimate of drug-likeness (QED) is 0.352. The van der Waals surface area contributed by atoms with Crippen molar-refractivity contribution in [2.24, 2.45) is 22.2 Å². The minimum absolute atomic E-state index is 0.112. The summed E-state index contributed by atoms with van der Waals surface area (Å²) >= 11 is 0. The third-order valence-electron chi connectivity index (χ3n) is 3.26. The van der Waals surface area contributed by atoms with E-state index < -0.39 is 5.91 Å². The fourth-order valence-electron chi connectivity index (χ4n) is 2.14. The van der Waals surface area contributed by atoms with E-state index >= 15 is 0 Å². The number of carbonyl (C=O) groups is 2. The Labute approximate surface area is 127 Å². The summed E-state index contributed by atoms with van der Waals surface area (Å²) in [6.07, 6.45) is 3.78. The van der Waals surface area contributed by atoms with Gasteiger partial charge >= 0.3 is 0 Å². The first-order valence-corrected chi connectivity index (χ1v) is 6.65. The minimum Gasteiger partial charge on any atom is -0.370 e. The molecule has 2 aromatic rings. The zero-order valence-corrected chi connectivity index (χ0v) is 11.9. The Balaban J connectivity index is 2.11. The van der Waals surface area contributed by atoms with E-state index in [2.05, 4.69) is 9.98 Å². The van der Waals surface area contributed by atoms with Gasteiger partial charge in [-0.05, 0) is 36.1 Å². The van der Waals surface area contributed by atoms with E-state index in [4.69, 9.17) is 17.2 Å². The lowest BCUT2D eigenvalue weighted by Gasteiger charge is -2.02. The van der Waals surface area contributed by atoms with Crippen LogP contribution in [0.4, 0.5) is 5.82 Å². The number of hydrogen-bond acceptors (Lipinski definition) is 3. The van der Waals surface area contributed by atoms with Gasteiger partial charge in [0.25, 0.3) is 0 Å². The molecule has 2 rings (SSSR count). The lowest BCUT2D eigenvalue weighted by atomic mass is 10.0. The molecule has 0 spiro atoms. The molecular formula is C15H17N5O2. The van der Waals surface area contributed by atoms with E-state index in [1.807, 2.05) is 12.1 Å². The summed E-state index contributed by atoms with van der Waals surface area (Å²) in [5.74, 6) is -0.213. The minimum atomic E-state index is -0.456. The van der Waals surface area contributed by atoms with Crippen LogP contribution in [0.2, 0.25) is 0 Å². The van der Waals surface area contributed by atoms with Crippen molar-refractivity contribution in [2.45, 2.75) is 12.8 Å². The zero-order valence-electron chi connectivity index (χ0n) is 11.9. The molecule has 114 valence electrons. The maximum absolute atomic E-state index is 11.2. The highest BCUT2D eigenvalue weighted by molar-refractivity contribution is 5.92. The lowest BCUT2D eigenvalue weighted by molar-refractivity contribution is 0.0999. The maximum atomic E-state index is 11.2. The summed E-state index contributed by atoms with van der Waals surface area (Å²) in [6, 6.07) is 7.04. The molecule has 0 aliphatic rings. The van der Waals surface area contributed by atoms with Crippen LogP contribution in [0.5, 0.6) is 0 Å². The Morgan fingerprint density at radius 1 is 1.14 bits per heavy atom. The number of H-pyrrole nitrogens is 1. The smallest absolute Gasteiger partial charge is 0.248 e. The molecule has 0 saturated heterocycles. The van der Waals surface area contributed by atoms with Crippen LogP contribution in [0.1, 0.15) is 31.8 Å². The number of aldehydes is 1. The summed E-state index contributed by atoms with van der Waals surface area (Å²) in [5, 5.41) is 0. The number of nitrogens with zero attached hydrogens (tertiary/aromatic N) is 1. The number of aryl methyl sites for hydroxylation is 2. The van der Waals surface area contributed by atoms with Gasteiger partial charge in [-0.3, -0.25) is 9.59 Å². The number of aromatic amines is 1. The van der Waals surface area contributed by atoms with Gasteiger partial charge < -0.3 is 22.2 Å². The Kier molecular flexibility index (Phi) is 4.57. The number of amides is 1. The molecule has 0 saturated carbocycles. The van der Waals surface area contributed by atoms with Crippen molar-refractivity contribution >= 4 is 24.0 Å². The van der Waals surface area contributed by atoms with E-state index in [-0.39, 0.29) is 5.96 Å². The Morgan fingerprint density at radius 2 is 1.82 bits per heavy atom. The number of aromatic nitrogens is 1. The molecule has 0 fully saturated rings. The van der Waals surface area contributed by atoms with Crippen molar-refractivity contribution in [3.8, 4) is 0 Å². The fraction of sp³-hybridized carbons (Fsp3) is 0.133. The molecule has 7 heteroatoms. The van der Waals surface area contributed by atoms with Gasteiger partial charge in [-0.25, -0.2) is 0 Å². The standard InChI is InChI=1S/C15H17N5O2/c16-13(22)10-4-1-9(2-5-10)3-6-11-7-19-14(12(11)8-21)20-15(17)18/h1-2,4-5,7-8,19H,3,6H2,(H2,16,22)(H4,17,18,20). The number of nitrogens with two attached hydrogens (primary N) is 3. The molecule has 1 amide bonds. The van der Waals surface area contributed by atoms with E-state index in [9.17, 15) is 9.59 Å². The van der Waals surface area contributed by atoms with Crippen molar-refractivity contribution in [1.29, 1.82) is 0 Å². The van der Waals surface area contributed by atoms with E-state index in [0.29, 0.717) is 29.8 Å². The molecule has 7 N–H and O–H groups in total. The van der Waals surface area contributed by atoms with Crippen molar-refractivity contribution in [1.82, 2.24) is 4.98 Å². The van der Waals surface area contributed by atoms with Crippen LogP contribution in [0.25, 0.3) is 0 Å². The first-order chi connectivity index (χ1) is 10.5. The molecule has 0 atom stereocenters. The first-order valence-electron chi connectivity index (χ1n) is 6.65. The molecule has 1 aromatic carbocycles. The highest BCUT2D eigenvalue weighted by Crippen LogP contribution is 2.21. The summed E-state index contributed by atoms with van der Waals surface area (Å²) in [6.45, 7) is 0. The molecule has 0 radical (unpaired) electrons. The molecule has 0 bridgehead atoms. The van der Waals surface area contributed by atoms with Crippen LogP contribution >= 0.6 is 0 Å². The second-order valence-corrected chi connectivity index (χ2v) is 4.79. The average Bonchev–Trinajstić information content (AvgIpc) is 2.86. The van der Waals surface area contributed by atoms with Crippen LogP contribution in [-0.2, 0) is 12.8 Å². The first kappa shape index (κ1) is 15.3. The van der Waals surface area contributed by atoms with Crippen molar-refractivity contribution in [3.63, 3.8) is 0 Å². The molecule has 0 aliphatic heterocycles. The third-order valence-corrected chi connectivity index (χ3v) is 3.26. The number of hydrogen-bond donors (Lipinski definition) is 4. The highest BCUT2D eigenvalue weighted by Gasteiger charge is 2.10. The fourth-order valence-corrected chi connectivity index (χ4v) is 2.14. The zero-order chi connectivity index (χ0) is 16.1. The SMILES string of the molecule is NC(=O)c1ccc(CCc2c[nH]c(N=C(N)N)c2C=O)cc1. The van der Waals surface area contributed by atoms with Crippen LogP contribution < -0.4 is 17.2 Å². The van der Waals surface area contributed by atoms with Gasteiger partial charge in [0.15, 0.2) is 12.2 Å². The molecule has 1 heterocycles. The van der Waals surface area contributed by atoms with E-state index in [0.717, 1.165) is 17.4 Å². The van der Waals surface area contributed by atoms with Gasteiger partial charge in [0.2, 0.25) is 5.91 Å². The number of rotatable bonds is 6. The molecule has 7 nitrogen and oxygen atoms in total. The van der Waals surface area contributed by atoms with Gasteiger partial charge in [-0.1, -0.05) is 12.1 Å². The van der Waals surface area contributed by atoms with Gasteiger partial charge in [0.05, 0.1) is 5.56 Å². The maximum Gasteiger partial charge on any atom is 0.248 e. The van der Waals surface area contributed by atoms with E-state index in [1.165, 1.54) is 0 Å². The van der Waals surface area contributed by atoms with E-state index in [1.54, 1.807) is 18.3 Å². The number of carbonyl (C=O) groups excluding carboxylic acids is 2. The summed E-state index contributed by atoms with van der Waals surface area (Å²) < 4.78 is 0. The van der Waals surface area contributed by atoms with Crippen molar-refractivity contribution < 1.29 is 9.59 Å². The summed E-state index contributed by atoms with van der Waals surface area (Å²) in [4.78, 5) is 29.0. The van der Waals surface area contributed by atoms with Gasteiger partial charge in [-0.2, -0.15) is 4.99 Å². The second kappa shape index (κ2) is 6.57. The van der Waals surface area contributed by atoms with Crippen LogP contribution in [0.3, 0.4) is 0 Å². The second-order valence-electron chi connectivity index (χ2n) is 4.79.